The lowest BCUT2D eigenvalue weighted by molar-refractivity contribution is 0.0457. The standard InChI is InChI=1S/C13H16O3/c14-12(9-11-7-4-8-16-11)13(15)10-5-2-1-3-6-10/h1-3,5-6,9,12-15H,4,7-8H2/b11-9-/t12-,13-/m0/s1. The molecule has 16 heavy (non-hydrogen) atoms. The number of rotatable bonds is 3. The molecule has 2 N–H and O–H groups in total. The molecule has 86 valence electrons. The van der Waals surface area contributed by atoms with Crippen molar-refractivity contribution < 1.29 is 14.9 Å². The summed E-state index contributed by atoms with van der Waals surface area (Å²) in [7, 11) is 0. The van der Waals surface area contributed by atoms with E-state index in [1.807, 2.05) is 18.2 Å². The number of benzene rings is 1. The molecule has 1 aliphatic rings. The Morgan fingerprint density at radius 3 is 2.56 bits per heavy atom. The van der Waals surface area contributed by atoms with Crippen LogP contribution in [-0.4, -0.2) is 22.9 Å². The van der Waals surface area contributed by atoms with E-state index in [2.05, 4.69) is 0 Å². The average Bonchev–Trinajstić information content (AvgIpc) is 2.82. The molecule has 0 aromatic heterocycles. The Morgan fingerprint density at radius 1 is 1.19 bits per heavy atom. The topological polar surface area (TPSA) is 49.7 Å². The zero-order valence-electron chi connectivity index (χ0n) is 9.04. The summed E-state index contributed by atoms with van der Waals surface area (Å²) in [5, 5.41) is 19.7. The highest BCUT2D eigenvalue weighted by molar-refractivity contribution is 5.20. The zero-order valence-corrected chi connectivity index (χ0v) is 9.04. The lowest BCUT2D eigenvalue weighted by Gasteiger charge is -2.15. The molecule has 3 nitrogen and oxygen atoms in total. The predicted octanol–water partition coefficient (Wildman–Crippen LogP) is 1.78. The third kappa shape index (κ3) is 2.62. The summed E-state index contributed by atoms with van der Waals surface area (Å²) in [5.74, 6) is 0.780. The van der Waals surface area contributed by atoms with Crippen molar-refractivity contribution in [2.24, 2.45) is 0 Å². The molecule has 2 atom stereocenters. The smallest absolute Gasteiger partial charge is 0.109 e. The van der Waals surface area contributed by atoms with Crippen LogP contribution in [0.1, 0.15) is 24.5 Å². The highest BCUT2D eigenvalue weighted by Gasteiger charge is 2.18. The van der Waals surface area contributed by atoms with E-state index in [0.717, 1.165) is 18.6 Å². The van der Waals surface area contributed by atoms with Crippen molar-refractivity contribution in [3.63, 3.8) is 0 Å². The molecule has 0 unspecified atom stereocenters. The highest BCUT2D eigenvalue weighted by atomic mass is 16.5. The van der Waals surface area contributed by atoms with Crippen LogP contribution in [0.2, 0.25) is 0 Å². The molecule has 2 rings (SSSR count). The third-order valence-corrected chi connectivity index (χ3v) is 2.68. The summed E-state index contributed by atoms with van der Waals surface area (Å²) < 4.78 is 5.30. The zero-order chi connectivity index (χ0) is 11.4. The SMILES string of the molecule is O[C@@H](/C=C1/CCCO1)[C@@H](O)c1ccccc1. The second-order valence-corrected chi connectivity index (χ2v) is 3.93. The van der Waals surface area contributed by atoms with Crippen LogP contribution in [-0.2, 0) is 4.74 Å². The van der Waals surface area contributed by atoms with Crippen molar-refractivity contribution in [3.05, 3.63) is 47.7 Å². The first-order valence-electron chi connectivity index (χ1n) is 5.52. The Balaban J connectivity index is 2.04. The summed E-state index contributed by atoms with van der Waals surface area (Å²) in [4.78, 5) is 0. The number of aliphatic hydroxyl groups excluding tert-OH is 2. The van der Waals surface area contributed by atoms with Gasteiger partial charge in [-0.1, -0.05) is 30.3 Å². The van der Waals surface area contributed by atoms with Gasteiger partial charge in [-0.3, -0.25) is 0 Å². The summed E-state index contributed by atoms with van der Waals surface area (Å²) in [6.07, 6.45) is 1.64. The van der Waals surface area contributed by atoms with Gasteiger partial charge in [0, 0.05) is 6.42 Å². The van der Waals surface area contributed by atoms with Crippen LogP contribution in [0.15, 0.2) is 42.2 Å². The second kappa shape index (κ2) is 5.14. The normalized spacial score (nSPS) is 21.8. The molecule has 0 aliphatic carbocycles. The van der Waals surface area contributed by atoms with E-state index >= 15 is 0 Å². The first-order valence-corrected chi connectivity index (χ1v) is 5.52. The maximum atomic E-state index is 9.90. The molecule has 0 bridgehead atoms. The van der Waals surface area contributed by atoms with Gasteiger partial charge in [0.1, 0.15) is 12.2 Å². The van der Waals surface area contributed by atoms with Crippen LogP contribution >= 0.6 is 0 Å². The molecule has 1 aliphatic heterocycles. The van der Waals surface area contributed by atoms with E-state index in [1.54, 1.807) is 18.2 Å². The number of hydrogen-bond acceptors (Lipinski definition) is 3. The fourth-order valence-electron chi connectivity index (χ4n) is 1.78. The van der Waals surface area contributed by atoms with E-state index in [-0.39, 0.29) is 0 Å². The molecule has 0 saturated carbocycles. The summed E-state index contributed by atoms with van der Waals surface area (Å²) >= 11 is 0. The van der Waals surface area contributed by atoms with Crippen molar-refractivity contribution in [2.45, 2.75) is 25.0 Å². The van der Waals surface area contributed by atoms with Crippen molar-refractivity contribution in [3.8, 4) is 0 Å². The van der Waals surface area contributed by atoms with Gasteiger partial charge in [0.25, 0.3) is 0 Å². The minimum absolute atomic E-state index is 0.708. The fourth-order valence-corrected chi connectivity index (χ4v) is 1.78. The third-order valence-electron chi connectivity index (χ3n) is 2.68. The fraction of sp³-hybridized carbons (Fsp3) is 0.385. The van der Waals surface area contributed by atoms with Crippen LogP contribution in [0.25, 0.3) is 0 Å². The van der Waals surface area contributed by atoms with Crippen molar-refractivity contribution >= 4 is 0 Å². The summed E-state index contributed by atoms with van der Waals surface area (Å²) in [5.41, 5.74) is 0.713. The first-order chi connectivity index (χ1) is 7.77. The Kier molecular flexibility index (Phi) is 3.59. The molecule has 1 fully saturated rings. The van der Waals surface area contributed by atoms with Gasteiger partial charge in [0.2, 0.25) is 0 Å². The van der Waals surface area contributed by atoms with E-state index in [9.17, 15) is 10.2 Å². The lowest BCUT2D eigenvalue weighted by atomic mass is 10.0. The Bertz CT molecular complexity index is 351. The number of allylic oxidation sites excluding steroid dienone is 1. The molecule has 0 amide bonds. The molecule has 3 heteroatoms. The van der Waals surface area contributed by atoms with Crippen LogP contribution in [0.4, 0.5) is 0 Å². The van der Waals surface area contributed by atoms with Crippen molar-refractivity contribution in [2.75, 3.05) is 6.61 Å². The van der Waals surface area contributed by atoms with Gasteiger partial charge in [0.05, 0.1) is 12.4 Å². The molecule has 0 spiro atoms. The maximum Gasteiger partial charge on any atom is 0.109 e. The first kappa shape index (κ1) is 11.2. The van der Waals surface area contributed by atoms with Gasteiger partial charge in [-0.25, -0.2) is 0 Å². The lowest BCUT2D eigenvalue weighted by Crippen LogP contribution is -2.16. The number of hydrogen-bond donors (Lipinski definition) is 2. The van der Waals surface area contributed by atoms with Gasteiger partial charge >= 0.3 is 0 Å². The van der Waals surface area contributed by atoms with Gasteiger partial charge in [-0.05, 0) is 18.1 Å². The monoisotopic (exact) mass is 220 g/mol. The highest BCUT2D eigenvalue weighted by Crippen LogP contribution is 2.22. The van der Waals surface area contributed by atoms with Gasteiger partial charge in [0.15, 0.2) is 0 Å². The maximum absolute atomic E-state index is 9.90. The molecular weight excluding hydrogens is 204 g/mol. The Morgan fingerprint density at radius 2 is 1.94 bits per heavy atom. The van der Waals surface area contributed by atoms with Crippen molar-refractivity contribution in [1.82, 2.24) is 0 Å². The molecule has 0 radical (unpaired) electrons. The molecule has 1 heterocycles. The summed E-state index contributed by atoms with van der Waals surface area (Å²) in [6.45, 7) is 0.708. The molecule has 1 aromatic carbocycles. The van der Waals surface area contributed by atoms with E-state index in [0.29, 0.717) is 12.2 Å². The average molecular weight is 220 g/mol. The quantitative estimate of drug-likeness (QED) is 0.816. The summed E-state index contributed by atoms with van der Waals surface area (Å²) in [6, 6.07) is 9.14. The van der Waals surface area contributed by atoms with Crippen LogP contribution in [0.5, 0.6) is 0 Å². The molecular formula is C13H16O3. The Hall–Kier alpha value is -1.32. The van der Waals surface area contributed by atoms with Crippen molar-refractivity contribution in [1.29, 1.82) is 0 Å². The van der Waals surface area contributed by atoms with E-state index in [1.165, 1.54) is 0 Å². The van der Waals surface area contributed by atoms with Crippen LogP contribution in [0.3, 0.4) is 0 Å². The predicted molar refractivity (Wildman–Crippen MR) is 60.7 cm³/mol. The Labute approximate surface area is 95.0 Å². The number of ether oxygens (including phenoxy) is 1. The largest absolute Gasteiger partial charge is 0.498 e. The van der Waals surface area contributed by atoms with Gasteiger partial charge in [-0.15, -0.1) is 0 Å². The minimum atomic E-state index is -0.907. The molecule has 1 aromatic rings. The van der Waals surface area contributed by atoms with Crippen LogP contribution in [0, 0.1) is 0 Å². The minimum Gasteiger partial charge on any atom is -0.498 e. The number of aliphatic hydroxyl groups is 2. The van der Waals surface area contributed by atoms with Gasteiger partial charge in [-0.2, -0.15) is 0 Å². The van der Waals surface area contributed by atoms with Gasteiger partial charge < -0.3 is 14.9 Å². The van der Waals surface area contributed by atoms with Crippen LogP contribution < -0.4 is 0 Å². The van der Waals surface area contributed by atoms with E-state index < -0.39 is 12.2 Å². The van der Waals surface area contributed by atoms with E-state index in [4.69, 9.17) is 4.74 Å². The second-order valence-electron chi connectivity index (χ2n) is 3.93. The molecule has 1 saturated heterocycles.